The first kappa shape index (κ1) is 10.1. The van der Waals surface area contributed by atoms with Gasteiger partial charge in [0.25, 0.3) is 0 Å². The molecule has 1 aliphatic carbocycles. The molecule has 2 rings (SSSR count). The second kappa shape index (κ2) is 4.42. The van der Waals surface area contributed by atoms with E-state index in [0.717, 1.165) is 12.5 Å². The fourth-order valence-electron chi connectivity index (χ4n) is 2.12. The van der Waals surface area contributed by atoms with Crippen molar-refractivity contribution in [3.05, 3.63) is 0 Å². The Labute approximate surface area is 93.2 Å². The molecule has 0 spiro atoms. The highest BCUT2D eigenvalue weighted by atomic mass is 127. The quantitative estimate of drug-likeness (QED) is 0.344. The van der Waals surface area contributed by atoms with Crippen molar-refractivity contribution in [3.63, 3.8) is 0 Å². The van der Waals surface area contributed by atoms with E-state index in [1.165, 1.54) is 25.7 Å². The van der Waals surface area contributed by atoms with E-state index in [1.54, 1.807) is 7.11 Å². The standard InChI is InChI=1S/C9H16INO2/c1-12-11(10)5-4-7-2-3-8-9(6-7)13-8/h7-9H,2-6H2,1H3. The lowest BCUT2D eigenvalue weighted by atomic mass is 9.87. The van der Waals surface area contributed by atoms with Crippen LogP contribution in [0.1, 0.15) is 25.7 Å². The third-order valence-electron chi connectivity index (χ3n) is 3.02. The first-order valence-corrected chi connectivity index (χ1v) is 5.89. The number of nitrogens with zero attached hydrogens (tertiary/aromatic N) is 1. The topological polar surface area (TPSA) is 25.0 Å². The highest BCUT2D eigenvalue weighted by Crippen LogP contribution is 2.40. The zero-order valence-electron chi connectivity index (χ0n) is 7.91. The smallest absolute Gasteiger partial charge is 0.0844 e. The largest absolute Gasteiger partial charge is 0.370 e. The van der Waals surface area contributed by atoms with Crippen LogP contribution in [0.15, 0.2) is 0 Å². The highest BCUT2D eigenvalue weighted by molar-refractivity contribution is 14.1. The Hall–Kier alpha value is 0.610. The molecule has 13 heavy (non-hydrogen) atoms. The molecule has 0 N–H and O–H groups in total. The molecule has 0 amide bonds. The van der Waals surface area contributed by atoms with Crippen molar-refractivity contribution < 1.29 is 9.57 Å². The van der Waals surface area contributed by atoms with Gasteiger partial charge in [-0.3, -0.25) is 4.84 Å². The van der Waals surface area contributed by atoms with Gasteiger partial charge in [-0.15, -0.1) is 3.28 Å². The van der Waals surface area contributed by atoms with Gasteiger partial charge in [0.2, 0.25) is 0 Å². The number of ether oxygens (including phenoxy) is 1. The van der Waals surface area contributed by atoms with E-state index in [1.807, 2.05) is 3.28 Å². The third-order valence-corrected chi connectivity index (χ3v) is 3.90. The van der Waals surface area contributed by atoms with Gasteiger partial charge >= 0.3 is 0 Å². The molecule has 0 bridgehead atoms. The van der Waals surface area contributed by atoms with E-state index in [4.69, 9.17) is 9.57 Å². The van der Waals surface area contributed by atoms with Crippen molar-refractivity contribution in [2.24, 2.45) is 5.92 Å². The van der Waals surface area contributed by atoms with Gasteiger partial charge in [-0.2, -0.15) is 0 Å². The summed E-state index contributed by atoms with van der Waals surface area (Å²) in [7, 11) is 1.72. The van der Waals surface area contributed by atoms with Gasteiger partial charge in [0.05, 0.1) is 19.3 Å². The summed E-state index contributed by atoms with van der Waals surface area (Å²) in [6, 6.07) is 0. The zero-order valence-corrected chi connectivity index (χ0v) is 10.1. The van der Waals surface area contributed by atoms with Crippen molar-refractivity contribution in [3.8, 4) is 0 Å². The van der Waals surface area contributed by atoms with Crippen LogP contribution in [0.5, 0.6) is 0 Å². The Morgan fingerprint density at radius 1 is 1.46 bits per heavy atom. The molecule has 0 aromatic rings. The van der Waals surface area contributed by atoms with Gasteiger partial charge < -0.3 is 4.74 Å². The number of hydrogen-bond acceptors (Lipinski definition) is 3. The number of fused-ring (bicyclic) bond motifs is 1. The van der Waals surface area contributed by atoms with E-state index >= 15 is 0 Å². The van der Waals surface area contributed by atoms with Crippen LogP contribution in [-0.4, -0.2) is 29.1 Å². The van der Waals surface area contributed by atoms with E-state index < -0.39 is 0 Å². The van der Waals surface area contributed by atoms with Crippen LogP contribution in [0.3, 0.4) is 0 Å². The Kier molecular flexibility index (Phi) is 3.45. The van der Waals surface area contributed by atoms with Crippen LogP contribution in [0, 0.1) is 5.92 Å². The summed E-state index contributed by atoms with van der Waals surface area (Å²) in [5.41, 5.74) is 0. The molecule has 0 radical (unpaired) electrons. The van der Waals surface area contributed by atoms with Crippen molar-refractivity contribution in [2.45, 2.75) is 37.9 Å². The van der Waals surface area contributed by atoms with E-state index in [0.29, 0.717) is 12.2 Å². The molecule has 3 nitrogen and oxygen atoms in total. The van der Waals surface area contributed by atoms with Gasteiger partial charge in [-0.25, -0.2) is 0 Å². The maximum Gasteiger partial charge on any atom is 0.0844 e. The number of epoxide rings is 1. The Balaban J connectivity index is 1.64. The van der Waals surface area contributed by atoms with Crippen LogP contribution < -0.4 is 0 Å². The summed E-state index contributed by atoms with van der Waals surface area (Å²) in [6.45, 7) is 1.03. The second-order valence-electron chi connectivity index (χ2n) is 3.90. The van der Waals surface area contributed by atoms with Crippen molar-refractivity contribution >= 4 is 22.9 Å². The molecular weight excluding hydrogens is 281 g/mol. The van der Waals surface area contributed by atoms with Gasteiger partial charge in [-0.1, -0.05) is 0 Å². The number of rotatable bonds is 4. The lowest BCUT2D eigenvalue weighted by Gasteiger charge is -2.20. The van der Waals surface area contributed by atoms with Gasteiger partial charge in [0.15, 0.2) is 0 Å². The third kappa shape index (κ3) is 2.78. The maximum absolute atomic E-state index is 5.49. The fraction of sp³-hybridized carbons (Fsp3) is 1.00. The number of hydroxylamine groups is 1. The molecule has 3 unspecified atom stereocenters. The van der Waals surface area contributed by atoms with E-state index in [-0.39, 0.29) is 0 Å². The Morgan fingerprint density at radius 2 is 2.31 bits per heavy atom. The zero-order chi connectivity index (χ0) is 9.26. The van der Waals surface area contributed by atoms with Crippen LogP contribution in [0.2, 0.25) is 0 Å². The van der Waals surface area contributed by atoms with Gasteiger partial charge in [0, 0.05) is 29.4 Å². The molecule has 76 valence electrons. The minimum absolute atomic E-state index is 0.615. The summed E-state index contributed by atoms with van der Waals surface area (Å²) in [5.74, 6) is 0.858. The number of hydrogen-bond donors (Lipinski definition) is 0. The lowest BCUT2D eigenvalue weighted by molar-refractivity contribution is -0.0208. The summed E-state index contributed by atoms with van der Waals surface area (Å²) < 4.78 is 7.37. The molecule has 2 aliphatic rings. The van der Waals surface area contributed by atoms with Crippen LogP contribution in [-0.2, 0) is 9.57 Å². The minimum atomic E-state index is 0.615. The predicted octanol–water partition coefficient (Wildman–Crippen LogP) is 2.16. The molecule has 1 aliphatic heterocycles. The monoisotopic (exact) mass is 297 g/mol. The van der Waals surface area contributed by atoms with Crippen LogP contribution in [0.4, 0.5) is 0 Å². The fourth-order valence-corrected chi connectivity index (χ4v) is 2.40. The second-order valence-corrected chi connectivity index (χ2v) is 4.98. The van der Waals surface area contributed by atoms with Crippen LogP contribution in [0.25, 0.3) is 0 Å². The maximum atomic E-state index is 5.49. The normalized spacial score (nSPS) is 37.6. The lowest BCUT2D eigenvalue weighted by Crippen LogP contribution is -2.19. The highest BCUT2D eigenvalue weighted by Gasteiger charge is 2.43. The molecule has 1 heterocycles. The molecule has 0 aromatic carbocycles. The average Bonchev–Trinajstić information content (AvgIpc) is 2.91. The molecule has 1 saturated heterocycles. The SMILES string of the molecule is CON(I)CCC1CCC2OC2C1. The molecule has 2 fully saturated rings. The van der Waals surface area contributed by atoms with Gasteiger partial charge in [0.1, 0.15) is 0 Å². The predicted molar refractivity (Wildman–Crippen MR) is 58.4 cm³/mol. The summed E-state index contributed by atoms with van der Waals surface area (Å²) in [4.78, 5) is 5.07. The first-order valence-electron chi connectivity index (χ1n) is 4.92. The van der Waals surface area contributed by atoms with Crippen molar-refractivity contribution in [1.82, 2.24) is 3.28 Å². The molecule has 4 heteroatoms. The Morgan fingerprint density at radius 3 is 3.00 bits per heavy atom. The summed E-state index contributed by atoms with van der Waals surface area (Å²) >= 11 is 2.20. The van der Waals surface area contributed by atoms with Crippen molar-refractivity contribution in [1.29, 1.82) is 0 Å². The first-order chi connectivity index (χ1) is 6.29. The number of halogens is 1. The van der Waals surface area contributed by atoms with Gasteiger partial charge in [-0.05, 0) is 31.6 Å². The molecular formula is C9H16INO2. The van der Waals surface area contributed by atoms with Crippen LogP contribution >= 0.6 is 22.9 Å². The molecule has 0 aromatic heterocycles. The Bertz CT molecular complexity index is 179. The average molecular weight is 297 g/mol. The minimum Gasteiger partial charge on any atom is -0.370 e. The summed E-state index contributed by atoms with van der Waals surface area (Å²) in [6.07, 6.45) is 6.39. The van der Waals surface area contributed by atoms with E-state index in [2.05, 4.69) is 22.9 Å². The van der Waals surface area contributed by atoms with Crippen molar-refractivity contribution in [2.75, 3.05) is 13.7 Å². The summed E-state index contributed by atoms with van der Waals surface area (Å²) in [5, 5.41) is 0. The molecule has 1 saturated carbocycles. The van der Waals surface area contributed by atoms with E-state index in [9.17, 15) is 0 Å². The molecule has 3 atom stereocenters.